The summed E-state index contributed by atoms with van der Waals surface area (Å²) in [5.74, 6) is -0.0244. The molecule has 0 unspecified atom stereocenters. The van der Waals surface area contributed by atoms with Gasteiger partial charge in [-0.1, -0.05) is 0 Å². The first-order valence-corrected chi connectivity index (χ1v) is 4.81. The number of amides is 1. The van der Waals surface area contributed by atoms with Crippen molar-refractivity contribution >= 4 is 37.5 Å². The van der Waals surface area contributed by atoms with Crippen molar-refractivity contribution in [1.29, 1.82) is 0 Å². The summed E-state index contributed by atoms with van der Waals surface area (Å²) in [6, 6.07) is 5.96. The van der Waals surface area contributed by atoms with Gasteiger partial charge in [-0.3, -0.25) is 0 Å². The predicted molar refractivity (Wildman–Crippen MR) is 50.9 cm³/mol. The number of nitrogens with one attached hydrogen (secondary N) is 1. The van der Waals surface area contributed by atoms with E-state index < -0.39 is 0 Å². The van der Waals surface area contributed by atoms with Crippen LogP contribution < -0.4 is 8.93 Å². The van der Waals surface area contributed by atoms with E-state index >= 15 is 0 Å². The molecular weight excluding hydrogens is 266 g/mol. The molecule has 0 bridgehead atoms. The summed E-state index contributed by atoms with van der Waals surface area (Å²) in [5, 5.41) is 2.76. The van der Waals surface area contributed by atoms with E-state index in [1.165, 1.54) is 12.5 Å². The molecule has 0 aliphatic carbocycles. The SMILES string of the molecule is CC(=O)Nc1ccc(C)cc1[Te]. The molecule has 0 aliphatic heterocycles. The molecule has 0 saturated heterocycles. The second kappa shape index (κ2) is 3.93. The van der Waals surface area contributed by atoms with E-state index in [2.05, 4.69) is 11.4 Å². The van der Waals surface area contributed by atoms with E-state index in [-0.39, 0.29) is 5.91 Å². The van der Waals surface area contributed by atoms with Crippen LogP contribution in [0.15, 0.2) is 18.2 Å². The van der Waals surface area contributed by atoms with Crippen molar-refractivity contribution in [2.24, 2.45) is 0 Å². The summed E-state index contributed by atoms with van der Waals surface area (Å²) < 4.78 is 1.11. The van der Waals surface area contributed by atoms with Gasteiger partial charge < -0.3 is 0 Å². The third-order valence-corrected chi connectivity index (χ3v) is 2.41. The molecule has 0 heterocycles. The third-order valence-electron chi connectivity index (χ3n) is 1.45. The van der Waals surface area contributed by atoms with Gasteiger partial charge in [0.25, 0.3) is 0 Å². The van der Waals surface area contributed by atoms with Gasteiger partial charge in [0.05, 0.1) is 0 Å². The summed E-state index contributed by atoms with van der Waals surface area (Å²) in [6.07, 6.45) is 0. The Kier molecular flexibility index (Phi) is 3.13. The molecule has 1 N–H and O–H groups in total. The molecule has 1 amide bonds. The number of carbonyl (C=O) groups excluding carboxylic acids is 1. The fourth-order valence-electron chi connectivity index (χ4n) is 0.922. The zero-order chi connectivity index (χ0) is 9.14. The second-order valence-corrected chi connectivity index (χ2v) is 3.94. The van der Waals surface area contributed by atoms with Crippen LogP contribution in [0.2, 0.25) is 0 Å². The van der Waals surface area contributed by atoms with Crippen molar-refractivity contribution in [3.63, 3.8) is 0 Å². The first-order valence-electron chi connectivity index (χ1n) is 3.65. The van der Waals surface area contributed by atoms with E-state index in [0.29, 0.717) is 0 Å². The molecule has 2 nitrogen and oxygen atoms in total. The molecule has 0 atom stereocenters. The first-order chi connectivity index (χ1) is 5.59. The molecule has 1 radical (unpaired) electrons. The van der Waals surface area contributed by atoms with Gasteiger partial charge in [0.2, 0.25) is 0 Å². The summed E-state index contributed by atoms with van der Waals surface area (Å²) in [7, 11) is 0. The van der Waals surface area contributed by atoms with Crippen molar-refractivity contribution in [2.45, 2.75) is 13.8 Å². The van der Waals surface area contributed by atoms with E-state index in [4.69, 9.17) is 0 Å². The Bertz CT molecular complexity index is 309. The molecule has 0 aromatic heterocycles. The van der Waals surface area contributed by atoms with E-state index in [9.17, 15) is 4.79 Å². The summed E-state index contributed by atoms with van der Waals surface area (Å²) in [4.78, 5) is 10.7. The van der Waals surface area contributed by atoms with Crippen molar-refractivity contribution in [3.05, 3.63) is 23.8 Å². The number of hydrogen-bond donors (Lipinski definition) is 1. The monoisotopic (exact) mass is 278 g/mol. The van der Waals surface area contributed by atoms with Crippen molar-refractivity contribution < 1.29 is 4.79 Å². The van der Waals surface area contributed by atoms with Gasteiger partial charge >= 0.3 is 85.2 Å². The van der Waals surface area contributed by atoms with Crippen molar-refractivity contribution in [3.8, 4) is 0 Å². The Balaban J connectivity index is 2.93. The number of aryl methyl sites for hydroxylation is 1. The Morgan fingerprint density at radius 1 is 1.50 bits per heavy atom. The Labute approximate surface area is 85.3 Å². The van der Waals surface area contributed by atoms with Crippen LogP contribution in [0.1, 0.15) is 12.5 Å². The Morgan fingerprint density at radius 3 is 2.67 bits per heavy atom. The maximum atomic E-state index is 10.7. The molecule has 0 fully saturated rings. The van der Waals surface area contributed by atoms with Gasteiger partial charge in [0.1, 0.15) is 0 Å². The van der Waals surface area contributed by atoms with Crippen LogP contribution in [0.25, 0.3) is 0 Å². The Morgan fingerprint density at radius 2 is 2.17 bits per heavy atom. The van der Waals surface area contributed by atoms with Crippen LogP contribution >= 0.6 is 0 Å². The maximum absolute atomic E-state index is 10.7. The van der Waals surface area contributed by atoms with Gasteiger partial charge in [0, 0.05) is 0 Å². The molecule has 1 rings (SSSR count). The predicted octanol–water partition coefficient (Wildman–Crippen LogP) is 0.747. The quantitative estimate of drug-likeness (QED) is 0.753. The number of hydrogen-bond acceptors (Lipinski definition) is 1. The standard InChI is InChI=1S/C9H10NOTe/c1-6-3-4-8(9(12)5-6)10-7(2)11/h3-5H,1-2H3,(H,10,11). The average molecular weight is 276 g/mol. The summed E-state index contributed by atoms with van der Waals surface area (Å²) in [5.41, 5.74) is 2.11. The summed E-state index contributed by atoms with van der Waals surface area (Å²) >= 11 is 1.91. The number of rotatable bonds is 1. The minimum atomic E-state index is -0.0244. The fourth-order valence-corrected chi connectivity index (χ4v) is 1.79. The zero-order valence-corrected chi connectivity index (χ0v) is 9.38. The van der Waals surface area contributed by atoms with Crippen molar-refractivity contribution in [1.82, 2.24) is 0 Å². The molecule has 1 aromatic carbocycles. The van der Waals surface area contributed by atoms with E-state index in [1.807, 2.05) is 41.4 Å². The van der Waals surface area contributed by atoms with Gasteiger partial charge in [0.15, 0.2) is 0 Å². The number of carbonyl (C=O) groups is 1. The molecule has 0 aliphatic rings. The third kappa shape index (κ3) is 2.51. The molecular formula is C9H10NOTe. The molecule has 3 heteroatoms. The number of anilines is 1. The Hall–Kier alpha value is -0.520. The summed E-state index contributed by atoms with van der Waals surface area (Å²) in [6.45, 7) is 3.55. The van der Waals surface area contributed by atoms with E-state index in [1.54, 1.807) is 0 Å². The van der Waals surface area contributed by atoms with Gasteiger partial charge in [-0.05, 0) is 0 Å². The molecule has 0 saturated carbocycles. The molecule has 63 valence electrons. The molecule has 1 aromatic rings. The second-order valence-electron chi connectivity index (χ2n) is 2.68. The van der Waals surface area contributed by atoms with E-state index in [0.717, 1.165) is 9.30 Å². The zero-order valence-electron chi connectivity index (χ0n) is 7.05. The molecule has 0 spiro atoms. The van der Waals surface area contributed by atoms with Crippen LogP contribution in [0.3, 0.4) is 0 Å². The molecule has 12 heavy (non-hydrogen) atoms. The average Bonchev–Trinajstić information content (AvgIpc) is 1.94. The van der Waals surface area contributed by atoms with Crippen LogP contribution in [-0.4, -0.2) is 28.2 Å². The first kappa shape index (κ1) is 9.57. The topological polar surface area (TPSA) is 29.1 Å². The fraction of sp³-hybridized carbons (Fsp3) is 0.222. The normalized spacial score (nSPS) is 9.50. The van der Waals surface area contributed by atoms with Crippen LogP contribution in [0, 0.1) is 6.92 Å². The van der Waals surface area contributed by atoms with Crippen molar-refractivity contribution in [2.75, 3.05) is 5.32 Å². The van der Waals surface area contributed by atoms with Gasteiger partial charge in [-0.15, -0.1) is 0 Å². The van der Waals surface area contributed by atoms with Crippen LogP contribution in [0.5, 0.6) is 0 Å². The van der Waals surface area contributed by atoms with Gasteiger partial charge in [-0.25, -0.2) is 0 Å². The van der Waals surface area contributed by atoms with Crippen LogP contribution in [0.4, 0.5) is 5.69 Å². The number of benzene rings is 1. The minimum absolute atomic E-state index is 0.0244. The van der Waals surface area contributed by atoms with Crippen LogP contribution in [-0.2, 0) is 4.79 Å². The van der Waals surface area contributed by atoms with Gasteiger partial charge in [-0.2, -0.15) is 0 Å².